The van der Waals surface area contributed by atoms with Crippen molar-refractivity contribution in [3.8, 4) is 0 Å². The van der Waals surface area contributed by atoms with Gasteiger partial charge in [-0.15, -0.1) is 11.6 Å². The van der Waals surface area contributed by atoms with Crippen LogP contribution in [0.25, 0.3) is 0 Å². The predicted molar refractivity (Wildman–Crippen MR) is 116 cm³/mol. The lowest BCUT2D eigenvalue weighted by molar-refractivity contribution is 0.0951. The Morgan fingerprint density at radius 3 is 2.07 bits per heavy atom. The number of ketones is 1. The summed E-state index contributed by atoms with van der Waals surface area (Å²) in [5.41, 5.74) is 1.87. The first-order valence-electron chi connectivity index (χ1n) is 8.86. The quantitative estimate of drug-likeness (QED) is 0.401. The highest BCUT2D eigenvalue weighted by molar-refractivity contribution is 7.89. The summed E-state index contributed by atoms with van der Waals surface area (Å²) in [5.74, 6) is -0.443. The van der Waals surface area contributed by atoms with Crippen LogP contribution in [-0.2, 0) is 10.0 Å². The van der Waals surface area contributed by atoms with Crippen molar-refractivity contribution in [2.75, 3.05) is 0 Å². The van der Waals surface area contributed by atoms with Gasteiger partial charge in [0.1, 0.15) is 6.04 Å². The van der Waals surface area contributed by atoms with Gasteiger partial charge < -0.3 is 0 Å². The maximum atomic E-state index is 13.2. The number of hydrogen-bond acceptors (Lipinski definition) is 3. The predicted octanol–water partition coefficient (Wildman–Crippen LogP) is 5.16. The van der Waals surface area contributed by atoms with Gasteiger partial charge in [-0.1, -0.05) is 59.6 Å². The molecule has 150 valence electrons. The van der Waals surface area contributed by atoms with Crippen LogP contribution >= 0.6 is 23.2 Å². The molecule has 3 aromatic rings. The average molecular weight is 448 g/mol. The van der Waals surface area contributed by atoms with Gasteiger partial charge in [-0.3, -0.25) is 4.79 Å². The van der Waals surface area contributed by atoms with Gasteiger partial charge in [0.25, 0.3) is 0 Å². The largest absolute Gasteiger partial charge is 0.292 e. The van der Waals surface area contributed by atoms with Crippen molar-refractivity contribution >= 4 is 39.0 Å². The molecule has 0 bridgehead atoms. The topological polar surface area (TPSA) is 63.2 Å². The molecule has 0 aliphatic heterocycles. The molecule has 7 heteroatoms. The summed E-state index contributed by atoms with van der Waals surface area (Å²) >= 11 is 12.5. The lowest BCUT2D eigenvalue weighted by atomic mass is 9.98. The van der Waals surface area contributed by atoms with Crippen LogP contribution in [0.5, 0.6) is 0 Å². The fourth-order valence-electron chi connectivity index (χ4n) is 2.82. The molecule has 3 rings (SSSR count). The van der Waals surface area contributed by atoms with Crippen molar-refractivity contribution in [2.24, 2.45) is 0 Å². The molecule has 0 spiro atoms. The van der Waals surface area contributed by atoms with Crippen molar-refractivity contribution < 1.29 is 13.2 Å². The Kier molecular flexibility index (Phi) is 6.75. The molecular weight excluding hydrogens is 429 g/mol. The maximum Gasteiger partial charge on any atom is 0.241 e. The lowest BCUT2D eigenvalue weighted by Crippen LogP contribution is -2.43. The monoisotopic (exact) mass is 447 g/mol. The lowest BCUT2D eigenvalue weighted by Gasteiger charge is -2.23. The highest BCUT2D eigenvalue weighted by atomic mass is 35.5. The summed E-state index contributed by atoms with van der Waals surface area (Å²) in [6.45, 7) is 1.86. The van der Waals surface area contributed by atoms with E-state index < -0.39 is 27.2 Å². The van der Waals surface area contributed by atoms with Crippen LogP contribution in [-0.4, -0.2) is 20.2 Å². The number of nitrogens with one attached hydrogen (secondary N) is 1. The SMILES string of the molecule is Cc1ccc(S(=O)(=O)N[C@@H](C(=O)c2ccc(Cl)cc2)[C@H](Cl)c2ccccc2)cc1. The number of Topliss-reactive ketones (excluding diaryl/α,β-unsaturated/α-hetero) is 1. The zero-order chi connectivity index (χ0) is 21.0. The van der Waals surface area contributed by atoms with Crippen LogP contribution in [0.3, 0.4) is 0 Å². The summed E-state index contributed by atoms with van der Waals surface area (Å²) in [4.78, 5) is 13.2. The third kappa shape index (κ3) is 5.25. The minimum absolute atomic E-state index is 0.0638. The van der Waals surface area contributed by atoms with Crippen LogP contribution in [0, 0.1) is 6.92 Å². The second-order valence-electron chi connectivity index (χ2n) is 6.60. The molecule has 0 radical (unpaired) electrons. The molecule has 0 fully saturated rings. The van der Waals surface area contributed by atoms with Crippen LogP contribution in [0.1, 0.15) is 26.9 Å². The van der Waals surface area contributed by atoms with E-state index >= 15 is 0 Å². The standard InChI is InChI=1S/C22H19Cl2NO3S/c1-15-7-13-19(14-8-15)29(27,28)25-21(20(24)16-5-3-2-4-6-16)22(26)17-9-11-18(23)12-10-17/h2-14,20-21,25H,1H3/t20-,21-/m1/s1. The zero-order valence-electron chi connectivity index (χ0n) is 15.5. The van der Waals surface area contributed by atoms with Crippen molar-refractivity contribution in [1.82, 2.24) is 4.72 Å². The van der Waals surface area contributed by atoms with Crippen LogP contribution in [0.15, 0.2) is 83.8 Å². The first-order valence-corrected chi connectivity index (χ1v) is 11.2. The molecule has 3 aromatic carbocycles. The van der Waals surface area contributed by atoms with Gasteiger partial charge >= 0.3 is 0 Å². The number of hydrogen-bond donors (Lipinski definition) is 1. The Morgan fingerprint density at radius 1 is 0.897 bits per heavy atom. The molecule has 0 aliphatic rings. The first-order chi connectivity index (χ1) is 13.8. The highest BCUT2D eigenvalue weighted by Crippen LogP contribution is 2.28. The van der Waals surface area contributed by atoms with Gasteiger partial charge in [0, 0.05) is 10.6 Å². The van der Waals surface area contributed by atoms with E-state index in [-0.39, 0.29) is 4.90 Å². The minimum Gasteiger partial charge on any atom is -0.292 e. The van der Waals surface area contributed by atoms with E-state index in [1.54, 1.807) is 60.7 Å². The summed E-state index contributed by atoms with van der Waals surface area (Å²) in [6, 6.07) is 20.3. The second-order valence-corrected chi connectivity index (χ2v) is 9.22. The number of halogens is 2. The maximum absolute atomic E-state index is 13.2. The molecule has 4 nitrogen and oxygen atoms in total. The van der Waals surface area contributed by atoms with Crippen molar-refractivity contribution in [1.29, 1.82) is 0 Å². The fraction of sp³-hybridized carbons (Fsp3) is 0.136. The summed E-state index contributed by atoms with van der Waals surface area (Å²) < 4.78 is 28.4. The minimum atomic E-state index is -3.97. The van der Waals surface area contributed by atoms with E-state index in [1.165, 1.54) is 12.1 Å². The van der Waals surface area contributed by atoms with Crippen molar-refractivity contribution in [3.05, 3.63) is 101 Å². The molecule has 0 aromatic heterocycles. The average Bonchev–Trinajstić information content (AvgIpc) is 2.72. The Balaban J connectivity index is 1.99. The first kappa shape index (κ1) is 21.5. The molecular formula is C22H19Cl2NO3S. The Morgan fingerprint density at radius 2 is 1.48 bits per heavy atom. The van der Waals surface area contributed by atoms with Gasteiger partial charge in [0.15, 0.2) is 5.78 Å². The van der Waals surface area contributed by atoms with Crippen LogP contribution in [0.4, 0.5) is 0 Å². The normalized spacial score (nSPS) is 13.6. The number of sulfonamides is 1. The van der Waals surface area contributed by atoms with Gasteiger partial charge in [0.05, 0.1) is 10.3 Å². The molecule has 29 heavy (non-hydrogen) atoms. The smallest absolute Gasteiger partial charge is 0.241 e. The molecule has 1 N–H and O–H groups in total. The van der Waals surface area contributed by atoms with Crippen molar-refractivity contribution in [2.45, 2.75) is 23.2 Å². The van der Waals surface area contributed by atoms with Gasteiger partial charge in [-0.25, -0.2) is 8.42 Å². The molecule has 0 amide bonds. The number of carbonyl (C=O) groups is 1. The van der Waals surface area contributed by atoms with E-state index in [2.05, 4.69) is 4.72 Å². The van der Waals surface area contributed by atoms with E-state index in [0.29, 0.717) is 16.1 Å². The van der Waals surface area contributed by atoms with Gasteiger partial charge in [-0.05, 0) is 48.9 Å². The third-order valence-corrected chi connectivity index (χ3v) is 6.65. The molecule has 0 saturated carbocycles. The zero-order valence-corrected chi connectivity index (χ0v) is 17.9. The molecule has 0 unspecified atom stereocenters. The third-order valence-electron chi connectivity index (χ3n) is 4.44. The number of rotatable bonds is 7. The van der Waals surface area contributed by atoms with E-state index in [4.69, 9.17) is 23.2 Å². The fourth-order valence-corrected chi connectivity index (χ4v) is 4.55. The molecule has 0 heterocycles. The van der Waals surface area contributed by atoms with Crippen LogP contribution < -0.4 is 4.72 Å². The van der Waals surface area contributed by atoms with E-state index in [1.807, 2.05) is 13.0 Å². The number of alkyl halides is 1. The summed E-state index contributed by atoms with van der Waals surface area (Å²) in [5, 5.41) is -0.427. The molecule has 0 aliphatic carbocycles. The second kappa shape index (κ2) is 9.09. The molecule has 2 atom stereocenters. The van der Waals surface area contributed by atoms with Crippen molar-refractivity contribution in [3.63, 3.8) is 0 Å². The van der Waals surface area contributed by atoms with Gasteiger partial charge in [-0.2, -0.15) is 4.72 Å². The van der Waals surface area contributed by atoms with E-state index in [0.717, 1.165) is 5.56 Å². The molecule has 0 saturated heterocycles. The van der Waals surface area contributed by atoms with Crippen LogP contribution in [0.2, 0.25) is 5.02 Å². The number of carbonyl (C=O) groups excluding carboxylic acids is 1. The van der Waals surface area contributed by atoms with E-state index in [9.17, 15) is 13.2 Å². The Labute approximate surface area is 180 Å². The number of aryl methyl sites for hydroxylation is 1. The van der Waals surface area contributed by atoms with Gasteiger partial charge in [0.2, 0.25) is 10.0 Å². The highest BCUT2D eigenvalue weighted by Gasteiger charge is 2.33. The summed E-state index contributed by atoms with van der Waals surface area (Å²) in [6.07, 6.45) is 0. The Hall–Kier alpha value is -2.18. The summed E-state index contributed by atoms with van der Waals surface area (Å²) in [7, 11) is -3.97. The number of benzene rings is 3. The Bertz CT molecular complexity index is 1080.